The molecule has 1 atom stereocenters. The minimum atomic E-state index is -0.960. The highest BCUT2D eigenvalue weighted by Gasteiger charge is 2.14. The Labute approximate surface area is 238 Å². The monoisotopic (exact) mass is 543 g/mol. The van der Waals surface area contributed by atoms with Gasteiger partial charge in [0, 0.05) is 13.0 Å². The predicted octanol–water partition coefficient (Wildman–Crippen LogP) is 9.83. The number of ketones is 1. The number of carbonyl (C=O) groups excluding carboxylic acids is 1. The highest BCUT2D eigenvalue weighted by Crippen LogP contribution is 2.13. The summed E-state index contributed by atoms with van der Waals surface area (Å²) in [7, 11) is 0. The SMILES string of the molecule is CCC(C)=O.CCCCCCCCCCCCN=NC(C)(O)CC.CCCCCCCCCCCCNN. The van der Waals surface area contributed by atoms with E-state index in [-0.39, 0.29) is 5.78 Å². The number of nitrogens with one attached hydrogen (secondary N) is 1. The molecule has 38 heavy (non-hydrogen) atoms. The Hall–Kier alpha value is -0.850. The highest BCUT2D eigenvalue weighted by atomic mass is 16.3. The lowest BCUT2D eigenvalue weighted by atomic mass is 10.1. The molecule has 0 saturated carbocycles. The third-order valence-electron chi connectivity index (χ3n) is 6.74. The van der Waals surface area contributed by atoms with E-state index in [1.807, 2.05) is 13.8 Å². The molecule has 0 amide bonds. The van der Waals surface area contributed by atoms with Gasteiger partial charge in [-0.2, -0.15) is 10.2 Å². The fourth-order valence-corrected chi connectivity index (χ4v) is 3.66. The van der Waals surface area contributed by atoms with Gasteiger partial charge in [0.1, 0.15) is 5.78 Å². The van der Waals surface area contributed by atoms with E-state index in [0.717, 1.165) is 19.5 Å². The number of Topliss-reactive ketones (excluding diaryl/α,β-unsaturated/α-hetero) is 1. The lowest BCUT2D eigenvalue weighted by Crippen LogP contribution is -2.22. The van der Waals surface area contributed by atoms with E-state index in [0.29, 0.717) is 12.8 Å². The molecule has 0 aliphatic carbocycles. The van der Waals surface area contributed by atoms with Crippen molar-refractivity contribution >= 4 is 5.78 Å². The maximum absolute atomic E-state index is 9.81. The van der Waals surface area contributed by atoms with Crippen LogP contribution in [0.4, 0.5) is 0 Å². The highest BCUT2D eigenvalue weighted by molar-refractivity contribution is 5.74. The molecule has 0 saturated heterocycles. The van der Waals surface area contributed by atoms with Gasteiger partial charge in [-0.25, -0.2) is 0 Å². The van der Waals surface area contributed by atoms with Crippen molar-refractivity contribution in [2.75, 3.05) is 13.1 Å². The van der Waals surface area contributed by atoms with Crippen molar-refractivity contribution in [1.29, 1.82) is 0 Å². The van der Waals surface area contributed by atoms with Crippen LogP contribution in [-0.4, -0.2) is 29.7 Å². The second-order valence-corrected chi connectivity index (χ2v) is 10.9. The third kappa shape index (κ3) is 45.1. The van der Waals surface area contributed by atoms with Crippen LogP contribution < -0.4 is 11.3 Å². The second-order valence-electron chi connectivity index (χ2n) is 10.9. The van der Waals surface area contributed by atoms with E-state index in [1.165, 1.54) is 122 Å². The summed E-state index contributed by atoms with van der Waals surface area (Å²) >= 11 is 0. The van der Waals surface area contributed by atoms with E-state index in [9.17, 15) is 9.90 Å². The van der Waals surface area contributed by atoms with Gasteiger partial charge in [0.25, 0.3) is 0 Å². The van der Waals surface area contributed by atoms with Crippen LogP contribution in [0.15, 0.2) is 10.2 Å². The molecule has 0 aromatic carbocycles. The van der Waals surface area contributed by atoms with Gasteiger partial charge in [-0.1, -0.05) is 143 Å². The number of aliphatic hydroxyl groups is 1. The first kappa shape index (κ1) is 41.6. The van der Waals surface area contributed by atoms with E-state index in [2.05, 4.69) is 29.5 Å². The molecule has 0 aromatic rings. The van der Waals surface area contributed by atoms with Crippen LogP contribution in [0.1, 0.15) is 183 Å². The Morgan fingerprint density at radius 3 is 1.34 bits per heavy atom. The number of hydrogen-bond donors (Lipinski definition) is 3. The second kappa shape index (κ2) is 36.1. The Morgan fingerprint density at radius 1 is 0.684 bits per heavy atom. The third-order valence-corrected chi connectivity index (χ3v) is 6.74. The van der Waals surface area contributed by atoms with Gasteiger partial charge in [-0.3, -0.25) is 11.3 Å². The molecule has 0 aliphatic heterocycles. The van der Waals surface area contributed by atoms with Crippen LogP contribution in [0.25, 0.3) is 0 Å². The largest absolute Gasteiger partial charge is 0.368 e. The number of hydrazine groups is 1. The average molecular weight is 543 g/mol. The van der Waals surface area contributed by atoms with Crippen molar-refractivity contribution in [2.45, 2.75) is 189 Å². The first-order valence-corrected chi connectivity index (χ1v) is 16.3. The standard InChI is InChI=1S/C16H34N2O.C12H28N2.C4H8O/c1-4-6-7-8-9-10-11-12-13-14-15-17-18-16(3,19)5-2;1-2-3-4-5-6-7-8-9-10-11-12-14-13;1-3-4(2)5/h19H,4-15H2,1-3H3;14H,2-13H2,1H3;3H2,1-2H3. The number of azo groups is 1. The van der Waals surface area contributed by atoms with Crippen LogP contribution in [-0.2, 0) is 4.79 Å². The normalized spacial score (nSPS) is 12.4. The van der Waals surface area contributed by atoms with Crippen LogP contribution in [0.2, 0.25) is 0 Å². The first-order chi connectivity index (χ1) is 18.3. The van der Waals surface area contributed by atoms with Gasteiger partial charge in [0.2, 0.25) is 0 Å². The van der Waals surface area contributed by atoms with E-state index >= 15 is 0 Å². The molecule has 0 aromatic heterocycles. The van der Waals surface area contributed by atoms with Gasteiger partial charge in [-0.15, -0.1) is 0 Å². The summed E-state index contributed by atoms with van der Waals surface area (Å²) < 4.78 is 0. The maximum atomic E-state index is 9.81. The van der Waals surface area contributed by atoms with E-state index in [4.69, 9.17) is 5.84 Å². The lowest BCUT2D eigenvalue weighted by molar-refractivity contribution is -0.116. The minimum absolute atomic E-state index is 0.255. The van der Waals surface area contributed by atoms with Crippen molar-refractivity contribution in [3.8, 4) is 0 Å². The zero-order chi connectivity index (χ0) is 29.2. The van der Waals surface area contributed by atoms with Gasteiger partial charge in [0.15, 0.2) is 5.72 Å². The van der Waals surface area contributed by atoms with Crippen LogP contribution in [0, 0.1) is 0 Å². The molecule has 0 heterocycles. The average Bonchev–Trinajstić information content (AvgIpc) is 2.91. The number of nitrogens with two attached hydrogens (primary N) is 1. The molecule has 1 unspecified atom stereocenters. The first-order valence-electron chi connectivity index (χ1n) is 16.3. The molecular formula is C32H70N4O2. The van der Waals surface area contributed by atoms with Crippen molar-refractivity contribution in [3.05, 3.63) is 0 Å². The number of nitrogens with zero attached hydrogens (tertiary/aromatic N) is 2. The molecule has 6 nitrogen and oxygen atoms in total. The molecular weight excluding hydrogens is 472 g/mol. The fourth-order valence-electron chi connectivity index (χ4n) is 3.66. The minimum Gasteiger partial charge on any atom is -0.368 e. The number of carbonyl (C=O) groups is 1. The Balaban J connectivity index is -0.000000564. The van der Waals surface area contributed by atoms with Crippen molar-refractivity contribution in [3.63, 3.8) is 0 Å². The van der Waals surface area contributed by atoms with Crippen molar-refractivity contribution < 1.29 is 9.90 Å². The van der Waals surface area contributed by atoms with Gasteiger partial charge in [-0.05, 0) is 33.1 Å². The summed E-state index contributed by atoms with van der Waals surface area (Å²) in [5.41, 5.74) is 1.73. The molecule has 0 fully saturated rings. The molecule has 4 N–H and O–H groups in total. The molecule has 0 bridgehead atoms. The number of hydrogen-bond acceptors (Lipinski definition) is 6. The lowest BCUT2D eigenvalue weighted by Gasteiger charge is -2.12. The van der Waals surface area contributed by atoms with Crippen LogP contribution in [0.3, 0.4) is 0 Å². The van der Waals surface area contributed by atoms with Crippen molar-refractivity contribution in [2.24, 2.45) is 16.1 Å². The summed E-state index contributed by atoms with van der Waals surface area (Å²) in [4.78, 5) is 9.81. The summed E-state index contributed by atoms with van der Waals surface area (Å²) in [6.45, 7) is 13.3. The predicted molar refractivity (Wildman–Crippen MR) is 167 cm³/mol. The zero-order valence-corrected chi connectivity index (χ0v) is 26.8. The summed E-state index contributed by atoms with van der Waals surface area (Å²) in [6.07, 6.45) is 28.5. The quantitative estimate of drug-likeness (QED) is 0.0462. The van der Waals surface area contributed by atoms with E-state index < -0.39 is 5.72 Å². The number of unbranched alkanes of at least 4 members (excludes halogenated alkanes) is 18. The zero-order valence-electron chi connectivity index (χ0n) is 26.8. The molecule has 0 aliphatic rings. The van der Waals surface area contributed by atoms with Crippen LogP contribution >= 0.6 is 0 Å². The van der Waals surface area contributed by atoms with E-state index in [1.54, 1.807) is 13.8 Å². The van der Waals surface area contributed by atoms with Crippen molar-refractivity contribution in [1.82, 2.24) is 5.43 Å². The fraction of sp³-hybridized carbons (Fsp3) is 0.969. The Kier molecular flexibility index (Phi) is 39.6. The smallest absolute Gasteiger partial charge is 0.172 e. The summed E-state index contributed by atoms with van der Waals surface area (Å²) in [6, 6.07) is 0. The topological polar surface area (TPSA) is 100 Å². The Morgan fingerprint density at radius 2 is 1.03 bits per heavy atom. The maximum Gasteiger partial charge on any atom is 0.172 e. The Bertz CT molecular complexity index is 458. The molecule has 230 valence electrons. The molecule has 6 heteroatoms. The summed E-state index contributed by atoms with van der Waals surface area (Å²) in [5, 5.41) is 17.6. The summed E-state index contributed by atoms with van der Waals surface area (Å²) in [5.74, 6) is 5.44. The molecule has 0 spiro atoms. The van der Waals surface area contributed by atoms with Gasteiger partial charge in [0.05, 0.1) is 6.54 Å². The van der Waals surface area contributed by atoms with Gasteiger partial charge < -0.3 is 9.90 Å². The number of rotatable bonds is 25. The molecule has 0 radical (unpaired) electrons. The molecule has 0 rings (SSSR count). The van der Waals surface area contributed by atoms with Crippen LogP contribution in [0.5, 0.6) is 0 Å². The van der Waals surface area contributed by atoms with Gasteiger partial charge >= 0.3 is 0 Å².